The summed E-state index contributed by atoms with van der Waals surface area (Å²) < 4.78 is 0. The van der Waals surface area contributed by atoms with Gasteiger partial charge in [0.2, 0.25) is 0 Å². The van der Waals surface area contributed by atoms with E-state index in [0.29, 0.717) is 17.2 Å². The molecule has 0 saturated heterocycles. The predicted molar refractivity (Wildman–Crippen MR) is 100 cm³/mol. The number of rotatable bonds is 4. The molecule has 1 saturated carbocycles. The van der Waals surface area contributed by atoms with Gasteiger partial charge in [0.15, 0.2) is 0 Å². The molecule has 0 spiro atoms. The van der Waals surface area contributed by atoms with Gasteiger partial charge in [-0.25, -0.2) is 5.84 Å². The van der Waals surface area contributed by atoms with Gasteiger partial charge in [-0.3, -0.25) is 15.0 Å². The Labute approximate surface area is 148 Å². The van der Waals surface area contributed by atoms with Crippen LogP contribution in [0.5, 0.6) is 0 Å². The highest BCUT2D eigenvalue weighted by Gasteiger charge is 2.24. The van der Waals surface area contributed by atoms with Crippen LogP contribution < -0.4 is 16.6 Å². The minimum absolute atomic E-state index is 0.0344. The molecule has 1 aliphatic rings. The third-order valence-electron chi connectivity index (χ3n) is 4.00. The number of nitrogen functional groups attached to an aromatic ring is 1. The summed E-state index contributed by atoms with van der Waals surface area (Å²) in [6, 6.07) is 13.2. The molecule has 0 unspecified atom stereocenters. The van der Waals surface area contributed by atoms with Crippen molar-refractivity contribution in [1.82, 2.24) is 10.7 Å². The van der Waals surface area contributed by atoms with Gasteiger partial charge in [0, 0.05) is 17.2 Å². The topological polar surface area (TPSA) is 84.2 Å². The third kappa shape index (κ3) is 4.67. The summed E-state index contributed by atoms with van der Waals surface area (Å²) in [4.78, 5) is 23.7. The van der Waals surface area contributed by atoms with E-state index in [-0.39, 0.29) is 11.8 Å². The number of nitrogens with one attached hydrogen (secondary N) is 2. The van der Waals surface area contributed by atoms with Gasteiger partial charge in [-0.2, -0.15) is 0 Å². The lowest BCUT2D eigenvalue weighted by Crippen LogP contribution is -2.29. The maximum Gasteiger partial charge on any atom is 0.265 e. The number of carbonyl (C=O) groups is 2. The smallest absolute Gasteiger partial charge is 0.265 e. The molecule has 2 aromatic carbocycles. The quantitative estimate of drug-likeness (QED) is 0.454. The molecule has 0 aliphatic heterocycles. The van der Waals surface area contributed by atoms with Crippen LogP contribution in [0, 0.1) is 6.92 Å². The van der Waals surface area contributed by atoms with Crippen LogP contribution in [0.25, 0.3) is 11.1 Å². The predicted octanol–water partition coefficient (Wildman–Crippen LogP) is 3.18. The van der Waals surface area contributed by atoms with Crippen LogP contribution in [-0.4, -0.2) is 17.9 Å². The molecular formula is C20H25N3O2. The van der Waals surface area contributed by atoms with E-state index in [2.05, 4.69) is 10.7 Å². The van der Waals surface area contributed by atoms with Crippen molar-refractivity contribution in [2.45, 2.75) is 39.7 Å². The number of hydrogen-bond acceptors (Lipinski definition) is 3. The summed E-state index contributed by atoms with van der Waals surface area (Å²) >= 11 is 0. The van der Waals surface area contributed by atoms with Crippen molar-refractivity contribution in [3.63, 3.8) is 0 Å². The van der Waals surface area contributed by atoms with Crippen molar-refractivity contribution in [1.29, 1.82) is 0 Å². The van der Waals surface area contributed by atoms with Crippen LogP contribution in [-0.2, 0) is 0 Å². The van der Waals surface area contributed by atoms with Gasteiger partial charge in [0.1, 0.15) is 0 Å². The Balaban J connectivity index is 0.00000109. The Bertz CT molecular complexity index is 750. The highest BCUT2D eigenvalue weighted by molar-refractivity contribution is 5.96. The van der Waals surface area contributed by atoms with Gasteiger partial charge in [-0.15, -0.1) is 0 Å². The fourth-order valence-corrected chi connectivity index (χ4v) is 2.46. The Kier molecular flexibility index (Phi) is 6.31. The van der Waals surface area contributed by atoms with E-state index in [4.69, 9.17) is 5.84 Å². The molecule has 1 aliphatic carbocycles. The third-order valence-corrected chi connectivity index (χ3v) is 4.00. The standard InChI is InChI=1S/C18H19N3O2.C2H6/c1-11-2-3-14(17(22)20-15-8-9-15)10-16(11)12-4-6-13(7-5-12)18(23)21-19;1-2/h2-7,10,15H,8-9,19H2,1H3,(H,20,22)(H,21,23);1-2H3. The van der Waals surface area contributed by atoms with E-state index < -0.39 is 0 Å². The summed E-state index contributed by atoms with van der Waals surface area (Å²) in [7, 11) is 0. The molecule has 3 rings (SSSR count). The number of nitrogens with two attached hydrogens (primary N) is 1. The summed E-state index contributed by atoms with van der Waals surface area (Å²) in [5, 5.41) is 2.99. The number of benzene rings is 2. The van der Waals surface area contributed by atoms with Gasteiger partial charge in [-0.05, 0) is 60.7 Å². The average Bonchev–Trinajstić information content (AvgIpc) is 3.47. The van der Waals surface area contributed by atoms with E-state index in [1.165, 1.54) is 0 Å². The minimum Gasteiger partial charge on any atom is -0.349 e. The van der Waals surface area contributed by atoms with Crippen LogP contribution >= 0.6 is 0 Å². The van der Waals surface area contributed by atoms with E-state index >= 15 is 0 Å². The highest BCUT2D eigenvalue weighted by atomic mass is 16.2. The summed E-state index contributed by atoms with van der Waals surface area (Å²) in [6.07, 6.45) is 2.13. The lowest BCUT2D eigenvalue weighted by Gasteiger charge is -2.10. The van der Waals surface area contributed by atoms with Crippen LogP contribution in [0.3, 0.4) is 0 Å². The molecule has 5 heteroatoms. The molecule has 0 heterocycles. The second kappa shape index (κ2) is 8.44. The number of hydrazine groups is 1. The second-order valence-electron chi connectivity index (χ2n) is 5.83. The van der Waals surface area contributed by atoms with Crippen LogP contribution in [0.15, 0.2) is 42.5 Å². The number of amides is 2. The first-order chi connectivity index (χ1) is 12.1. The minimum atomic E-state index is -0.328. The summed E-state index contributed by atoms with van der Waals surface area (Å²) in [6.45, 7) is 6.00. The summed E-state index contributed by atoms with van der Waals surface area (Å²) in [5.41, 5.74) is 6.27. The molecule has 0 aromatic heterocycles. The van der Waals surface area contributed by atoms with Crippen LogP contribution in [0.2, 0.25) is 0 Å². The van der Waals surface area contributed by atoms with Gasteiger partial charge in [0.05, 0.1) is 0 Å². The fraction of sp³-hybridized carbons (Fsp3) is 0.300. The van der Waals surface area contributed by atoms with E-state index in [9.17, 15) is 9.59 Å². The molecule has 132 valence electrons. The van der Waals surface area contributed by atoms with Gasteiger partial charge < -0.3 is 5.32 Å². The number of hydrogen-bond donors (Lipinski definition) is 3. The Morgan fingerprint density at radius 1 is 0.960 bits per heavy atom. The van der Waals surface area contributed by atoms with Gasteiger partial charge >= 0.3 is 0 Å². The first-order valence-electron chi connectivity index (χ1n) is 8.61. The zero-order valence-electron chi connectivity index (χ0n) is 14.9. The molecule has 25 heavy (non-hydrogen) atoms. The zero-order valence-corrected chi connectivity index (χ0v) is 14.9. The van der Waals surface area contributed by atoms with Crippen molar-refractivity contribution in [2.75, 3.05) is 0 Å². The molecule has 0 radical (unpaired) electrons. The number of carbonyl (C=O) groups excluding carboxylic acids is 2. The normalized spacial score (nSPS) is 12.6. The molecule has 5 nitrogen and oxygen atoms in total. The van der Waals surface area contributed by atoms with Gasteiger partial charge in [0.25, 0.3) is 11.8 Å². The van der Waals surface area contributed by atoms with E-state index in [1.807, 2.05) is 51.1 Å². The zero-order chi connectivity index (χ0) is 18.4. The van der Waals surface area contributed by atoms with E-state index in [0.717, 1.165) is 29.5 Å². The fourth-order valence-electron chi connectivity index (χ4n) is 2.46. The van der Waals surface area contributed by atoms with Gasteiger partial charge in [-0.1, -0.05) is 32.0 Å². The molecule has 0 bridgehead atoms. The van der Waals surface area contributed by atoms with E-state index in [1.54, 1.807) is 12.1 Å². The first kappa shape index (κ1) is 18.7. The Morgan fingerprint density at radius 2 is 1.56 bits per heavy atom. The molecular weight excluding hydrogens is 314 g/mol. The van der Waals surface area contributed by atoms with Crippen LogP contribution in [0.4, 0.5) is 0 Å². The number of aryl methyl sites for hydroxylation is 1. The molecule has 2 aromatic rings. The highest BCUT2D eigenvalue weighted by Crippen LogP contribution is 2.26. The average molecular weight is 339 g/mol. The maximum absolute atomic E-state index is 12.2. The Hall–Kier alpha value is -2.66. The van der Waals surface area contributed by atoms with Crippen LogP contribution in [0.1, 0.15) is 53.0 Å². The van der Waals surface area contributed by atoms with Crippen molar-refractivity contribution in [3.8, 4) is 11.1 Å². The van der Waals surface area contributed by atoms with Crippen molar-refractivity contribution >= 4 is 11.8 Å². The van der Waals surface area contributed by atoms with Crippen molar-refractivity contribution < 1.29 is 9.59 Å². The summed E-state index contributed by atoms with van der Waals surface area (Å²) in [5.74, 6) is 4.77. The lowest BCUT2D eigenvalue weighted by atomic mass is 9.97. The molecule has 0 atom stereocenters. The van der Waals surface area contributed by atoms with Crippen molar-refractivity contribution in [2.24, 2.45) is 5.84 Å². The first-order valence-corrected chi connectivity index (χ1v) is 8.61. The Morgan fingerprint density at radius 3 is 2.12 bits per heavy atom. The largest absolute Gasteiger partial charge is 0.349 e. The molecule has 2 amide bonds. The lowest BCUT2D eigenvalue weighted by molar-refractivity contribution is 0.0944. The molecule has 4 N–H and O–H groups in total. The second-order valence-corrected chi connectivity index (χ2v) is 5.83. The van der Waals surface area contributed by atoms with Crippen molar-refractivity contribution in [3.05, 3.63) is 59.2 Å². The SMILES string of the molecule is CC.Cc1ccc(C(=O)NC2CC2)cc1-c1ccc(C(=O)NN)cc1. The maximum atomic E-state index is 12.2. The molecule has 1 fully saturated rings. The monoisotopic (exact) mass is 339 g/mol.